The third-order valence-corrected chi connectivity index (χ3v) is 2.49. The number of nitrogens with one attached hydrogen (secondary N) is 2. The molecule has 0 radical (unpaired) electrons. The van der Waals surface area contributed by atoms with E-state index in [-0.39, 0.29) is 19.4 Å². The van der Waals surface area contributed by atoms with Gasteiger partial charge in [0.2, 0.25) is 11.8 Å². The van der Waals surface area contributed by atoms with Crippen molar-refractivity contribution in [3.05, 3.63) is 11.7 Å². The molecule has 1 aromatic rings. The minimum absolute atomic E-state index is 0.0169. The van der Waals surface area contributed by atoms with Gasteiger partial charge in [-0.05, 0) is 19.8 Å². The summed E-state index contributed by atoms with van der Waals surface area (Å²) < 4.78 is 4.86. The number of hydrogen-bond acceptors (Lipinski definition) is 6. The summed E-state index contributed by atoms with van der Waals surface area (Å²) in [6.45, 7) is 1.95. The minimum atomic E-state index is -0.899. The summed E-state index contributed by atoms with van der Waals surface area (Å²) in [5.41, 5.74) is 0. The fraction of sp³-hybridized carbons (Fsp3) is 0.583. The molecule has 9 nitrogen and oxygen atoms in total. The molecule has 3 amide bonds. The van der Waals surface area contributed by atoms with Crippen molar-refractivity contribution in [1.82, 2.24) is 20.8 Å². The maximum absolute atomic E-state index is 11.4. The zero-order chi connectivity index (χ0) is 15.7. The first kappa shape index (κ1) is 16.6. The van der Waals surface area contributed by atoms with E-state index >= 15 is 0 Å². The van der Waals surface area contributed by atoms with Crippen LogP contribution in [0, 0.1) is 6.92 Å². The van der Waals surface area contributed by atoms with Crippen LogP contribution in [-0.2, 0) is 16.0 Å². The van der Waals surface area contributed by atoms with Crippen LogP contribution in [0.15, 0.2) is 4.52 Å². The summed E-state index contributed by atoms with van der Waals surface area (Å²) in [5.74, 6) is -0.408. The van der Waals surface area contributed by atoms with Crippen molar-refractivity contribution in [2.24, 2.45) is 0 Å². The van der Waals surface area contributed by atoms with Crippen LogP contribution in [0.3, 0.4) is 0 Å². The predicted octanol–water partition coefficient (Wildman–Crippen LogP) is 0.391. The minimum Gasteiger partial charge on any atom is -0.481 e. The van der Waals surface area contributed by atoms with Crippen molar-refractivity contribution >= 4 is 17.9 Å². The van der Waals surface area contributed by atoms with Gasteiger partial charge < -0.3 is 14.9 Å². The lowest BCUT2D eigenvalue weighted by atomic mass is 10.2. The molecule has 0 aliphatic heterocycles. The highest BCUT2D eigenvalue weighted by molar-refractivity contribution is 5.94. The van der Waals surface area contributed by atoms with Gasteiger partial charge in [0, 0.05) is 25.8 Å². The van der Waals surface area contributed by atoms with E-state index in [0.29, 0.717) is 31.0 Å². The van der Waals surface area contributed by atoms with Crippen molar-refractivity contribution in [2.45, 2.75) is 39.0 Å². The van der Waals surface area contributed by atoms with Crippen LogP contribution in [-0.4, -0.2) is 39.7 Å². The topological polar surface area (TPSA) is 134 Å². The summed E-state index contributed by atoms with van der Waals surface area (Å²) in [7, 11) is 0. The summed E-state index contributed by atoms with van der Waals surface area (Å²) in [6.07, 6.45) is 1.33. The Morgan fingerprint density at radius 1 is 1.24 bits per heavy atom. The Kier molecular flexibility index (Phi) is 6.85. The first-order valence-corrected chi connectivity index (χ1v) is 6.56. The number of unbranched alkanes of at least 4 members (excludes halogenated alkanes) is 1. The number of aliphatic carboxylic acids is 1. The number of imide groups is 1. The van der Waals surface area contributed by atoms with Gasteiger partial charge in [-0.25, -0.2) is 4.79 Å². The van der Waals surface area contributed by atoms with Gasteiger partial charge in [0.15, 0.2) is 5.82 Å². The number of carboxylic acids is 1. The molecule has 1 rings (SSSR count). The molecule has 0 fully saturated rings. The molecule has 1 aromatic heterocycles. The molecule has 0 saturated carbocycles. The average molecular weight is 298 g/mol. The van der Waals surface area contributed by atoms with Crippen LogP contribution < -0.4 is 10.6 Å². The van der Waals surface area contributed by atoms with Crippen LogP contribution in [0.1, 0.15) is 37.4 Å². The number of carbonyl (C=O) groups is 3. The van der Waals surface area contributed by atoms with E-state index in [9.17, 15) is 14.4 Å². The van der Waals surface area contributed by atoms with Gasteiger partial charge in [0.25, 0.3) is 0 Å². The molecule has 0 aliphatic rings. The Balaban J connectivity index is 2.09. The van der Waals surface area contributed by atoms with E-state index in [4.69, 9.17) is 9.63 Å². The second-order valence-corrected chi connectivity index (χ2v) is 4.39. The highest BCUT2D eigenvalue weighted by Gasteiger charge is 2.08. The third-order valence-electron chi connectivity index (χ3n) is 2.49. The summed E-state index contributed by atoms with van der Waals surface area (Å²) in [6, 6.07) is -0.602. The van der Waals surface area contributed by atoms with E-state index in [1.165, 1.54) is 0 Å². The Hall–Kier alpha value is -2.45. The standard InChI is InChI=1S/C12H18N4O5/c1-8-14-10(21-16-8)6-7-13-12(20)15-9(17)4-2-3-5-11(18)19/h2-7H2,1H3,(H,18,19)(H2,13,15,17,20). The molecule has 21 heavy (non-hydrogen) atoms. The molecular formula is C12H18N4O5. The quantitative estimate of drug-likeness (QED) is 0.591. The molecule has 0 saturated heterocycles. The van der Waals surface area contributed by atoms with Gasteiger partial charge in [-0.1, -0.05) is 5.16 Å². The normalized spacial score (nSPS) is 10.1. The fourth-order valence-corrected chi connectivity index (χ4v) is 1.52. The van der Waals surface area contributed by atoms with E-state index in [0.717, 1.165) is 0 Å². The Labute approximate surface area is 121 Å². The monoisotopic (exact) mass is 298 g/mol. The number of urea groups is 1. The van der Waals surface area contributed by atoms with Crippen molar-refractivity contribution in [3.63, 3.8) is 0 Å². The molecule has 1 heterocycles. The van der Waals surface area contributed by atoms with Crippen LogP contribution >= 0.6 is 0 Å². The Morgan fingerprint density at radius 2 is 1.95 bits per heavy atom. The molecular weight excluding hydrogens is 280 g/mol. The number of nitrogens with zero attached hydrogens (tertiary/aromatic N) is 2. The van der Waals surface area contributed by atoms with Gasteiger partial charge in [0.05, 0.1) is 0 Å². The number of hydrogen-bond donors (Lipinski definition) is 3. The zero-order valence-electron chi connectivity index (χ0n) is 11.7. The van der Waals surface area contributed by atoms with Gasteiger partial charge in [-0.2, -0.15) is 4.98 Å². The van der Waals surface area contributed by atoms with E-state index in [2.05, 4.69) is 20.8 Å². The van der Waals surface area contributed by atoms with Crippen LogP contribution in [0.5, 0.6) is 0 Å². The Bertz CT molecular complexity index is 500. The lowest BCUT2D eigenvalue weighted by Gasteiger charge is -2.05. The number of rotatable bonds is 8. The summed E-state index contributed by atoms with van der Waals surface area (Å²) >= 11 is 0. The van der Waals surface area contributed by atoms with E-state index in [1.54, 1.807) is 6.92 Å². The molecule has 0 aliphatic carbocycles. The first-order valence-electron chi connectivity index (χ1n) is 6.56. The van der Waals surface area contributed by atoms with E-state index in [1.807, 2.05) is 0 Å². The molecule has 0 aromatic carbocycles. The second-order valence-electron chi connectivity index (χ2n) is 4.39. The van der Waals surface area contributed by atoms with Gasteiger partial charge in [-0.15, -0.1) is 0 Å². The molecule has 0 spiro atoms. The van der Waals surface area contributed by atoms with Gasteiger partial charge in [-0.3, -0.25) is 14.9 Å². The van der Waals surface area contributed by atoms with Crippen molar-refractivity contribution in [3.8, 4) is 0 Å². The molecule has 116 valence electrons. The average Bonchev–Trinajstić information content (AvgIpc) is 2.80. The molecule has 3 N–H and O–H groups in total. The third kappa shape index (κ3) is 7.65. The number of amides is 3. The van der Waals surface area contributed by atoms with Crippen molar-refractivity contribution in [1.29, 1.82) is 0 Å². The lowest BCUT2D eigenvalue weighted by Crippen LogP contribution is -2.40. The highest BCUT2D eigenvalue weighted by atomic mass is 16.5. The predicted molar refractivity (Wildman–Crippen MR) is 70.4 cm³/mol. The van der Waals surface area contributed by atoms with Gasteiger partial charge in [0.1, 0.15) is 0 Å². The van der Waals surface area contributed by atoms with E-state index < -0.39 is 17.9 Å². The van der Waals surface area contributed by atoms with Crippen molar-refractivity contribution in [2.75, 3.05) is 6.54 Å². The Morgan fingerprint density at radius 3 is 2.57 bits per heavy atom. The van der Waals surface area contributed by atoms with Gasteiger partial charge >= 0.3 is 12.0 Å². The van der Waals surface area contributed by atoms with Crippen molar-refractivity contribution < 1.29 is 24.0 Å². The smallest absolute Gasteiger partial charge is 0.321 e. The molecule has 9 heteroatoms. The first-order chi connectivity index (χ1) is 9.97. The van der Waals surface area contributed by atoms with Crippen LogP contribution in [0.4, 0.5) is 4.79 Å². The van der Waals surface area contributed by atoms with Crippen LogP contribution in [0.2, 0.25) is 0 Å². The number of aryl methyl sites for hydroxylation is 1. The van der Waals surface area contributed by atoms with Crippen LogP contribution in [0.25, 0.3) is 0 Å². The maximum Gasteiger partial charge on any atom is 0.321 e. The molecule has 0 unspecified atom stereocenters. The lowest BCUT2D eigenvalue weighted by molar-refractivity contribution is -0.137. The second kappa shape index (κ2) is 8.67. The number of carbonyl (C=O) groups excluding carboxylic acids is 2. The fourth-order valence-electron chi connectivity index (χ4n) is 1.52. The molecule has 0 atom stereocenters. The highest BCUT2D eigenvalue weighted by Crippen LogP contribution is 1.99. The largest absolute Gasteiger partial charge is 0.481 e. The number of aromatic nitrogens is 2. The number of carboxylic acid groups (broad SMARTS) is 1. The zero-order valence-corrected chi connectivity index (χ0v) is 11.7. The summed E-state index contributed by atoms with van der Waals surface area (Å²) in [5, 5.41) is 16.7. The molecule has 0 bridgehead atoms. The maximum atomic E-state index is 11.4. The summed E-state index contributed by atoms with van der Waals surface area (Å²) in [4.78, 5) is 37.0. The SMILES string of the molecule is Cc1noc(CCNC(=O)NC(=O)CCCCC(=O)O)n1.